The number of hydrogen-bond acceptors (Lipinski definition) is 5. The molecule has 2 aromatic carbocycles. The van der Waals surface area contributed by atoms with Gasteiger partial charge in [-0.2, -0.15) is 0 Å². The lowest BCUT2D eigenvalue weighted by Crippen LogP contribution is -2.44. The Morgan fingerprint density at radius 1 is 0.688 bits per heavy atom. The van der Waals surface area contributed by atoms with Gasteiger partial charge in [-0.05, 0) is 147 Å². The Morgan fingerprint density at radius 3 is 1.42 bits per heavy atom. The van der Waals surface area contributed by atoms with E-state index < -0.39 is 8.32 Å². The van der Waals surface area contributed by atoms with E-state index in [1.54, 1.807) is 0 Å². The summed E-state index contributed by atoms with van der Waals surface area (Å²) < 4.78 is 20.1. The number of benzene rings is 2. The molecule has 0 spiro atoms. The molecule has 0 saturated carbocycles. The summed E-state index contributed by atoms with van der Waals surface area (Å²) in [5.41, 5.74) is 3.53. The van der Waals surface area contributed by atoms with Crippen molar-refractivity contribution in [3.05, 3.63) is 46.7 Å². The first-order valence-corrected chi connectivity index (χ1v) is 23.4. The summed E-state index contributed by atoms with van der Waals surface area (Å²) in [5.74, 6) is 1.18. The van der Waals surface area contributed by atoms with Crippen LogP contribution in [-0.4, -0.2) is 45.0 Å². The molecule has 0 amide bonds. The molecule has 0 aromatic heterocycles. The summed E-state index contributed by atoms with van der Waals surface area (Å²) in [7, 11) is -1.82. The van der Waals surface area contributed by atoms with Gasteiger partial charge in [-0.15, -0.1) is 12.4 Å². The van der Waals surface area contributed by atoms with Crippen molar-refractivity contribution < 1.29 is 24.1 Å². The van der Waals surface area contributed by atoms with Crippen LogP contribution in [0.25, 0.3) is 0 Å². The summed E-state index contributed by atoms with van der Waals surface area (Å²) in [5, 5.41) is 19.3. The van der Waals surface area contributed by atoms with E-state index in [2.05, 4.69) is 124 Å². The second kappa shape index (κ2) is 25.2. The van der Waals surface area contributed by atoms with Crippen molar-refractivity contribution in [3.63, 3.8) is 0 Å². The quantitative estimate of drug-likeness (QED) is 0.183. The van der Waals surface area contributed by atoms with Gasteiger partial charge in [0.15, 0.2) is 0 Å². The van der Waals surface area contributed by atoms with Gasteiger partial charge in [-0.1, -0.05) is 76.2 Å². The van der Waals surface area contributed by atoms with Crippen molar-refractivity contribution in [1.82, 2.24) is 0 Å². The van der Waals surface area contributed by atoms with E-state index in [0.717, 1.165) is 74.3 Å². The second-order valence-corrected chi connectivity index (χ2v) is 21.6. The molecule has 0 bridgehead atoms. The fourth-order valence-electron chi connectivity index (χ4n) is 4.53. The maximum absolute atomic E-state index is 9.53. The maximum atomic E-state index is 9.53. The molecule has 48 heavy (non-hydrogen) atoms. The summed E-state index contributed by atoms with van der Waals surface area (Å²) in [4.78, 5) is 0. The molecule has 0 radical (unpaired) electrons. The van der Waals surface area contributed by atoms with E-state index in [1.807, 2.05) is 0 Å². The van der Waals surface area contributed by atoms with Crippen LogP contribution in [0.5, 0.6) is 17.2 Å². The average Bonchev–Trinajstić information content (AvgIpc) is 3.78. The summed E-state index contributed by atoms with van der Waals surface area (Å²) in [6, 6.07) is 3.50. The van der Waals surface area contributed by atoms with Crippen molar-refractivity contribution in [2.24, 2.45) is 0 Å². The zero-order valence-electron chi connectivity index (χ0n) is 30.5. The van der Waals surface area contributed by atoms with Crippen LogP contribution in [0, 0.1) is 6.92 Å². The van der Waals surface area contributed by atoms with Crippen LogP contribution in [0.2, 0.25) is 18.1 Å². The maximum Gasteiger partial charge on any atom is 0.250 e. The highest BCUT2D eigenvalue weighted by molar-refractivity contribution is 9.11. The predicted molar refractivity (Wildman–Crippen MR) is 223 cm³/mol. The minimum Gasteiger partial charge on any atom is -0.543 e. The van der Waals surface area contributed by atoms with E-state index in [0.29, 0.717) is 8.95 Å². The topological polar surface area (TPSA) is 68.2 Å². The summed E-state index contributed by atoms with van der Waals surface area (Å²) in [6.07, 6.45) is 14.1. The van der Waals surface area contributed by atoms with E-state index in [1.165, 1.54) is 66.6 Å². The van der Waals surface area contributed by atoms with Gasteiger partial charge in [0.2, 0.25) is 0 Å². The zero-order valence-corrected chi connectivity index (χ0v) is 38.7. The number of hydrogen-bond donors (Lipinski definition) is 2. The van der Waals surface area contributed by atoms with Gasteiger partial charge in [-0.25, -0.2) is 0 Å². The third-order valence-electron chi connectivity index (χ3n) is 8.58. The van der Waals surface area contributed by atoms with Crippen molar-refractivity contribution in [3.8, 4) is 17.2 Å². The smallest absolute Gasteiger partial charge is 0.250 e. The molecule has 2 aromatic rings. The number of rotatable bonds is 10. The van der Waals surface area contributed by atoms with Gasteiger partial charge >= 0.3 is 0 Å². The Kier molecular flexibility index (Phi) is 25.3. The molecule has 4 rings (SSSR count). The van der Waals surface area contributed by atoms with E-state index >= 15 is 0 Å². The van der Waals surface area contributed by atoms with Crippen LogP contribution >= 0.6 is 76.1 Å². The van der Waals surface area contributed by atoms with Crippen LogP contribution in [0.4, 0.5) is 0 Å². The van der Waals surface area contributed by atoms with Crippen LogP contribution in [-0.2, 0) is 22.3 Å². The first-order chi connectivity index (χ1) is 22.1. The molecular weight excluding hydrogens is 908 g/mol. The van der Waals surface area contributed by atoms with Crippen molar-refractivity contribution in [2.45, 2.75) is 137 Å². The lowest BCUT2D eigenvalue weighted by atomic mass is 10.0. The van der Waals surface area contributed by atoms with Gasteiger partial charge in [0.05, 0.1) is 13.4 Å². The molecule has 2 fully saturated rings. The van der Waals surface area contributed by atoms with E-state index in [4.69, 9.17) is 13.9 Å². The fourth-order valence-corrected chi connectivity index (χ4v) is 8.36. The highest BCUT2D eigenvalue weighted by atomic mass is 79.9. The Balaban J connectivity index is 0.000000721. The standard InChI is InChI=1S/C18H30Br2OSi.C11H14Br2O2.2C4H8O.ClH/c1-8-9-10-11-14-16(19)13(2)12-15(17(14)20)21-22(6,7)18(3,4)5;1-2-3-4-5-7-10(12)8(14)6-9(15)11(7)13;2*1-2-4-5-3-1;/h12H,8-11H2,1-7H3;6,14-15H,2-5H2,1H3;2*1-4H2;1H. The first kappa shape index (κ1) is 48.2. The highest BCUT2D eigenvalue weighted by Gasteiger charge is 2.39. The fraction of sp³-hybridized carbons (Fsp3) is 0.676. The van der Waals surface area contributed by atoms with Gasteiger partial charge in [0.25, 0.3) is 8.32 Å². The number of halogens is 5. The minimum atomic E-state index is -1.82. The SMILES string of the molecule is C1CCOC1.C1CCOC1.CCCCCc1c(Br)c(C)cc(O[Si](C)(C)C(C)(C)C)c1Br.CCCCCc1c(Br)c(O)cc(O)c1Br.Cl. The molecule has 2 heterocycles. The van der Waals surface area contributed by atoms with Gasteiger partial charge in [0.1, 0.15) is 17.2 Å². The molecule has 11 heteroatoms. The Labute approximate surface area is 333 Å². The molecule has 2 N–H and O–H groups in total. The lowest BCUT2D eigenvalue weighted by molar-refractivity contribution is 0.198. The second-order valence-electron chi connectivity index (χ2n) is 13.7. The first-order valence-electron chi connectivity index (χ1n) is 17.3. The number of phenols is 2. The lowest BCUT2D eigenvalue weighted by Gasteiger charge is -2.37. The normalized spacial score (nSPS) is 14.1. The largest absolute Gasteiger partial charge is 0.543 e. The number of unbranched alkanes of at least 4 members (excludes halogenated alkanes) is 4. The van der Waals surface area contributed by atoms with Crippen LogP contribution in [0.15, 0.2) is 30.0 Å². The van der Waals surface area contributed by atoms with Crippen molar-refractivity contribution in [1.29, 1.82) is 0 Å². The molecule has 5 nitrogen and oxygen atoms in total. The van der Waals surface area contributed by atoms with E-state index in [9.17, 15) is 10.2 Å². The number of aromatic hydroxyl groups is 2. The van der Waals surface area contributed by atoms with Gasteiger partial charge in [0, 0.05) is 37.0 Å². The average molecular weight is 969 g/mol. The van der Waals surface area contributed by atoms with Crippen LogP contribution in [0.1, 0.15) is 116 Å². The number of ether oxygens (including phenoxy) is 2. The monoisotopic (exact) mass is 964 g/mol. The molecule has 0 atom stereocenters. The zero-order chi connectivity index (χ0) is 35.6. The molecule has 278 valence electrons. The van der Waals surface area contributed by atoms with Crippen molar-refractivity contribution in [2.75, 3.05) is 26.4 Å². The number of aryl methyl sites for hydroxylation is 1. The molecule has 2 saturated heterocycles. The van der Waals surface area contributed by atoms with Crippen LogP contribution in [0.3, 0.4) is 0 Å². The minimum absolute atomic E-state index is 0. The van der Waals surface area contributed by atoms with Gasteiger partial charge in [-0.3, -0.25) is 0 Å². The van der Waals surface area contributed by atoms with Crippen molar-refractivity contribution >= 4 is 84.4 Å². The molecule has 2 aliphatic rings. The third-order valence-corrected chi connectivity index (χ3v) is 16.7. The highest BCUT2D eigenvalue weighted by Crippen LogP contribution is 2.43. The summed E-state index contributed by atoms with van der Waals surface area (Å²) in [6.45, 7) is 22.0. The molecule has 2 aliphatic heterocycles. The molecule has 0 unspecified atom stereocenters. The summed E-state index contributed by atoms with van der Waals surface area (Å²) >= 11 is 14.2. The third kappa shape index (κ3) is 17.1. The Bertz CT molecular complexity index is 1150. The number of phenolic OH excluding ortho intramolecular Hbond substituents is 2. The van der Waals surface area contributed by atoms with E-state index in [-0.39, 0.29) is 28.9 Å². The van der Waals surface area contributed by atoms with Crippen LogP contribution < -0.4 is 4.43 Å². The predicted octanol–water partition coefficient (Wildman–Crippen LogP) is 14.0. The molecular formula is C37H61Br4ClO5Si. The Hall–Kier alpha value is 0.187. The molecule has 0 aliphatic carbocycles. The Morgan fingerprint density at radius 2 is 1.08 bits per heavy atom. The van der Waals surface area contributed by atoms with Gasteiger partial charge < -0.3 is 24.1 Å².